The predicted molar refractivity (Wildman–Crippen MR) is 88.4 cm³/mol. The Labute approximate surface area is 136 Å². The number of anilines is 2. The Morgan fingerprint density at radius 2 is 2.13 bits per heavy atom. The number of hydrogen-bond acceptors (Lipinski definition) is 5. The Morgan fingerprint density at radius 1 is 1.35 bits per heavy atom. The van der Waals surface area contributed by atoms with Crippen LogP contribution < -0.4 is 10.2 Å². The van der Waals surface area contributed by atoms with Crippen molar-refractivity contribution < 1.29 is 9.59 Å². The minimum atomic E-state index is -0.305. The molecule has 1 aliphatic heterocycles. The number of nitrogens with one attached hydrogen (secondary N) is 1. The second-order valence-electron chi connectivity index (χ2n) is 5.74. The van der Waals surface area contributed by atoms with Crippen LogP contribution in [-0.4, -0.2) is 72.0 Å². The van der Waals surface area contributed by atoms with Gasteiger partial charge in [0.1, 0.15) is 24.5 Å². The smallest absolute Gasteiger partial charge is 0.323 e. The SMILES string of the molecule is CCCN1CCCN(C(=O)Nc2cc(N(C)C)ncn2)CC1=O. The molecule has 0 radical (unpaired) electrons. The van der Waals surface area contributed by atoms with Crippen molar-refractivity contribution in [3.05, 3.63) is 12.4 Å². The summed E-state index contributed by atoms with van der Waals surface area (Å²) in [5.74, 6) is 1.13. The fourth-order valence-corrected chi connectivity index (χ4v) is 2.45. The molecule has 1 saturated heterocycles. The quantitative estimate of drug-likeness (QED) is 0.896. The van der Waals surface area contributed by atoms with Crippen LogP contribution in [0.2, 0.25) is 0 Å². The fraction of sp³-hybridized carbons (Fsp3) is 0.600. The highest BCUT2D eigenvalue weighted by molar-refractivity contribution is 5.92. The standard InChI is InChI=1S/C15H24N6O2/c1-4-6-20-7-5-8-21(10-14(20)22)15(23)18-12-9-13(19(2)3)17-11-16-12/h9,11H,4-8,10H2,1-3H3,(H,16,17,18,23). The summed E-state index contributed by atoms with van der Waals surface area (Å²) in [4.78, 5) is 37.9. The Morgan fingerprint density at radius 3 is 2.83 bits per heavy atom. The maximum absolute atomic E-state index is 12.4. The number of urea groups is 1. The fourth-order valence-electron chi connectivity index (χ4n) is 2.45. The van der Waals surface area contributed by atoms with Crippen molar-refractivity contribution in [1.29, 1.82) is 0 Å². The summed E-state index contributed by atoms with van der Waals surface area (Å²) in [6.45, 7) is 4.15. The van der Waals surface area contributed by atoms with Gasteiger partial charge in [-0.05, 0) is 12.8 Å². The van der Waals surface area contributed by atoms with Crippen LogP contribution in [-0.2, 0) is 4.79 Å². The first-order valence-electron chi connectivity index (χ1n) is 7.84. The molecule has 0 atom stereocenters. The van der Waals surface area contributed by atoms with Gasteiger partial charge in [-0.15, -0.1) is 0 Å². The molecule has 2 rings (SSSR count). The summed E-state index contributed by atoms with van der Waals surface area (Å²) in [7, 11) is 3.73. The van der Waals surface area contributed by atoms with Gasteiger partial charge in [0.25, 0.3) is 0 Å². The van der Waals surface area contributed by atoms with Gasteiger partial charge < -0.3 is 14.7 Å². The number of rotatable bonds is 4. The number of hydrogen-bond donors (Lipinski definition) is 1. The Hall–Kier alpha value is -2.38. The molecule has 0 unspecified atom stereocenters. The van der Waals surface area contributed by atoms with Crippen molar-refractivity contribution >= 4 is 23.6 Å². The van der Waals surface area contributed by atoms with E-state index < -0.39 is 0 Å². The maximum Gasteiger partial charge on any atom is 0.323 e. The van der Waals surface area contributed by atoms with Gasteiger partial charge in [0, 0.05) is 39.8 Å². The van der Waals surface area contributed by atoms with Gasteiger partial charge in [-0.2, -0.15) is 0 Å². The Bertz CT molecular complexity index is 563. The first kappa shape index (κ1) is 17.0. The Kier molecular flexibility index (Phi) is 5.72. The summed E-state index contributed by atoms with van der Waals surface area (Å²) < 4.78 is 0. The molecule has 8 heteroatoms. The van der Waals surface area contributed by atoms with E-state index in [1.807, 2.05) is 30.8 Å². The summed E-state index contributed by atoms with van der Waals surface area (Å²) in [5, 5.41) is 2.74. The molecule has 1 aliphatic rings. The van der Waals surface area contributed by atoms with Crippen LogP contribution in [0.15, 0.2) is 12.4 Å². The first-order chi connectivity index (χ1) is 11.0. The lowest BCUT2D eigenvalue weighted by Crippen LogP contribution is -2.41. The third-order valence-electron chi connectivity index (χ3n) is 3.66. The predicted octanol–water partition coefficient (Wildman–Crippen LogP) is 1.02. The van der Waals surface area contributed by atoms with E-state index in [0.717, 1.165) is 19.4 Å². The van der Waals surface area contributed by atoms with Crippen molar-refractivity contribution in [1.82, 2.24) is 19.8 Å². The lowest BCUT2D eigenvalue weighted by molar-refractivity contribution is -0.130. The van der Waals surface area contributed by atoms with E-state index in [1.165, 1.54) is 11.2 Å². The molecule has 0 spiro atoms. The monoisotopic (exact) mass is 320 g/mol. The molecular formula is C15H24N6O2. The van der Waals surface area contributed by atoms with Crippen LogP contribution >= 0.6 is 0 Å². The van der Waals surface area contributed by atoms with E-state index in [0.29, 0.717) is 24.7 Å². The minimum absolute atomic E-state index is 0.00355. The van der Waals surface area contributed by atoms with Crippen molar-refractivity contribution in [2.75, 3.05) is 50.5 Å². The molecule has 0 bridgehead atoms. The zero-order chi connectivity index (χ0) is 16.8. The minimum Gasteiger partial charge on any atom is -0.363 e. The Balaban J connectivity index is 2.00. The van der Waals surface area contributed by atoms with Gasteiger partial charge in [0.05, 0.1) is 0 Å². The molecule has 0 saturated carbocycles. The van der Waals surface area contributed by atoms with E-state index >= 15 is 0 Å². The van der Waals surface area contributed by atoms with Crippen LogP contribution in [0.1, 0.15) is 19.8 Å². The molecule has 1 fully saturated rings. The number of amides is 3. The number of aromatic nitrogens is 2. The van der Waals surface area contributed by atoms with Gasteiger partial charge in [0.2, 0.25) is 5.91 Å². The largest absolute Gasteiger partial charge is 0.363 e. The van der Waals surface area contributed by atoms with Crippen LogP contribution in [0, 0.1) is 0 Å². The maximum atomic E-state index is 12.4. The molecule has 0 aliphatic carbocycles. The van der Waals surface area contributed by atoms with E-state index in [2.05, 4.69) is 15.3 Å². The lowest BCUT2D eigenvalue weighted by atomic mass is 10.3. The van der Waals surface area contributed by atoms with E-state index in [9.17, 15) is 9.59 Å². The molecule has 0 aromatic carbocycles. The van der Waals surface area contributed by atoms with Crippen molar-refractivity contribution in [2.24, 2.45) is 0 Å². The second-order valence-corrected chi connectivity index (χ2v) is 5.74. The number of nitrogens with zero attached hydrogens (tertiary/aromatic N) is 5. The van der Waals surface area contributed by atoms with Gasteiger partial charge >= 0.3 is 6.03 Å². The zero-order valence-corrected chi connectivity index (χ0v) is 13.9. The van der Waals surface area contributed by atoms with E-state index in [-0.39, 0.29) is 18.5 Å². The average molecular weight is 320 g/mol. The third kappa shape index (κ3) is 4.54. The van der Waals surface area contributed by atoms with E-state index in [4.69, 9.17) is 0 Å². The second kappa shape index (κ2) is 7.75. The normalized spacial score (nSPS) is 15.3. The first-order valence-corrected chi connectivity index (χ1v) is 7.84. The molecule has 1 N–H and O–H groups in total. The molecular weight excluding hydrogens is 296 g/mol. The molecule has 3 amide bonds. The number of carbonyl (C=O) groups excluding carboxylic acids is 2. The van der Waals surface area contributed by atoms with Crippen molar-refractivity contribution in [3.8, 4) is 0 Å². The van der Waals surface area contributed by atoms with Crippen LogP contribution in [0.25, 0.3) is 0 Å². The van der Waals surface area contributed by atoms with Crippen molar-refractivity contribution in [2.45, 2.75) is 19.8 Å². The van der Waals surface area contributed by atoms with Crippen molar-refractivity contribution in [3.63, 3.8) is 0 Å². The molecule has 23 heavy (non-hydrogen) atoms. The van der Waals surface area contributed by atoms with Crippen LogP contribution in [0.3, 0.4) is 0 Å². The van der Waals surface area contributed by atoms with Crippen LogP contribution in [0.5, 0.6) is 0 Å². The zero-order valence-electron chi connectivity index (χ0n) is 13.9. The topological polar surface area (TPSA) is 81.7 Å². The van der Waals surface area contributed by atoms with Gasteiger partial charge in [-0.25, -0.2) is 14.8 Å². The molecule has 1 aromatic heterocycles. The highest BCUT2D eigenvalue weighted by Gasteiger charge is 2.24. The molecule has 2 heterocycles. The lowest BCUT2D eigenvalue weighted by Gasteiger charge is -2.21. The average Bonchev–Trinajstić information content (AvgIpc) is 2.70. The van der Waals surface area contributed by atoms with E-state index in [1.54, 1.807) is 6.07 Å². The highest BCUT2D eigenvalue weighted by Crippen LogP contribution is 2.13. The third-order valence-corrected chi connectivity index (χ3v) is 3.66. The van der Waals surface area contributed by atoms with Gasteiger partial charge in [-0.1, -0.05) is 6.92 Å². The van der Waals surface area contributed by atoms with Crippen LogP contribution in [0.4, 0.5) is 16.4 Å². The van der Waals surface area contributed by atoms with Gasteiger partial charge in [-0.3, -0.25) is 10.1 Å². The molecule has 8 nitrogen and oxygen atoms in total. The summed E-state index contributed by atoms with van der Waals surface area (Å²) in [5.41, 5.74) is 0. The highest BCUT2D eigenvalue weighted by atomic mass is 16.2. The number of carbonyl (C=O) groups is 2. The summed E-state index contributed by atoms with van der Waals surface area (Å²) in [6, 6.07) is 1.39. The molecule has 126 valence electrons. The summed E-state index contributed by atoms with van der Waals surface area (Å²) >= 11 is 0. The van der Waals surface area contributed by atoms with Gasteiger partial charge in [0.15, 0.2) is 0 Å². The molecule has 1 aromatic rings. The summed E-state index contributed by atoms with van der Waals surface area (Å²) in [6.07, 6.45) is 3.11.